The van der Waals surface area contributed by atoms with Crippen LogP contribution in [0.25, 0.3) is 0 Å². The molecule has 0 bridgehead atoms. The number of amides is 1. The van der Waals surface area contributed by atoms with Gasteiger partial charge in [-0.2, -0.15) is 0 Å². The van der Waals surface area contributed by atoms with Crippen LogP contribution in [0.3, 0.4) is 0 Å². The van der Waals surface area contributed by atoms with Gasteiger partial charge >= 0.3 is 0 Å². The molecule has 0 unspecified atom stereocenters. The van der Waals surface area contributed by atoms with Gasteiger partial charge in [-0.15, -0.1) is 0 Å². The van der Waals surface area contributed by atoms with Gasteiger partial charge in [0.15, 0.2) is 0 Å². The van der Waals surface area contributed by atoms with Gasteiger partial charge in [-0.1, -0.05) is 24.4 Å². The lowest BCUT2D eigenvalue weighted by Gasteiger charge is -2.21. The number of nitrogens with one attached hydrogen (secondary N) is 1. The summed E-state index contributed by atoms with van der Waals surface area (Å²) >= 11 is 5.76. The van der Waals surface area contributed by atoms with E-state index in [4.69, 9.17) is 16.3 Å². The Morgan fingerprint density at radius 2 is 2.15 bits per heavy atom. The van der Waals surface area contributed by atoms with E-state index in [1.165, 1.54) is 25.0 Å². The van der Waals surface area contributed by atoms with Crippen molar-refractivity contribution in [2.75, 3.05) is 6.61 Å². The van der Waals surface area contributed by atoms with Crippen LogP contribution in [0.15, 0.2) is 18.2 Å². The lowest BCUT2D eigenvalue weighted by molar-refractivity contribution is 0.00987. The molecule has 1 saturated carbocycles. The molecule has 1 heterocycles. The molecule has 1 aromatic carbocycles. The van der Waals surface area contributed by atoms with Crippen LogP contribution in [0, 0.1) is 0 Å². The van der Waals surface area contributed by atoms with Crippen LogP contribution in [0.5, 0.6) is 5.75 Å². The van der Waals surface area contributed by atoms with E-state index in [-0.39, 0.29) is 28.9 Å². The first-order valence-corrected chi connectivity index (χ1v) is 7.39. The zero-order valence-corrected chi connectivity index (χ0v) is 11.9. The Balaban J connectivity index is 1.65. The number of hydrogen-bond acceptors (Lipinski definition) is 3. The zero-order valence-electron chi connectivity index (χ0n) is 11.2. The molecule has 1 saturated heterocycles. The Morgan fingerprint density at radius 3 is 2.85 bits per heavy atom. The first-order chi connectivity index (χ1) is 9.58. The van der Waals surface area contributed by atoms with Gasteiger partial charge < -0.3 is 15.2 Å². The topological polar surface area (TPSA) is 58.6 Å². The van der Waals surface area contributed by atoms with Crippen LogP contribution in [0.4, 0.5) is 0 Å². The number of phenolic OH excluding ortho intramolecular Hbond substituents is 1. The number of hydrogen-bond donors (Lipinski definition) is 2. The van der Waals surface area contributed by atoms with Gasteiger partial charge in [0.05, 0.1) is 23.8 Å². The second-order valence-electron chi connectivity index (χ2n) is 5.74. The summed E-state index contributed by atoms with van der Waals surface area (Å²) in [6.45, 7) is 0.556. The van der Waals surface area contributed by atoms with Crippen LogP contribution >= 0.6 is 11.6 Å². The normalized spacial score (nSPS) is 24.1. The number of carbonyl (C=O) groups excluding carboxylic acids is 1. The quantitative estimate of drug-likeness (QED) is 0.882. The van der Waals surface area contributed by atoms with E-state index >= 15 is 0 Å². The molecule has 3 rings (SSSR count). The maximum absolute atomic E-state index is 12.2. The molecule has 5 heteroatoms. The molecule has 1 aliphatic carbocycles. The molecule has 2 fully saturated rings. The van der Waals surface area contributed by atoms with Gasteiger partial charge in [-0.3, -0.25) is 4.79 Å². The Labute approximate surface area is 123 Å². The van der Waals surface area contributed by atoms with E-state index in [0.29, 0.717) is 11.6 Å². The summed E-state index contributed by atoms with van der Waals surface area (Å²) in [7, 11) is 0. The highest BCUT2D eigenvalue weighted by Crippen LogP contribution is 2.40. The van der Waals surface area contributed by atoms with Crippen molar-refractivity contribution < 1.29 is 14.6 Å². The fraction of sp³-hybridized carbons (Fsp3) is 0.533. The molecular formula is C15H18ClNO3. The average Bonchev–Trinajstić information content (AvgIpc) is 3.00. The van der Waals surface area contributed by atoms with E-state index in [1.54, 1.807) is 6.07 Å². The highest BCUT2D eigenvalue weighted by atomic mass is 35.5. The van der Waals surface area contributed by atoms with Crippen LogP contribution in [-0.2, 0) is 4.74 Å². The second-order valence-corrected chi connectivity index (χ2v) is 6.17. The molecule has 0 radical (unpaired) electrons. The fourth-order valence-corrected chi connectivity index (χ4v) is 3.43. The van der Waals surface area contributed by atoms with E-state index in [1.807, 2.05) is 0 Å². The summed E-state index contributed by atoms with van der Waals surface area (Å²) in [5, 5.41) is 13.1. The smallest absolute Gasteiger partial charge is 0.255 e. The molecular weight excluding hydrogens is 278 g/mol. The minimum atomic E-state index is -0.275. The first kappa shape index (κ1) is 13.7. The third-order valence-corrected chi connectivity index (χ3v) is 4.50. The van der Waals surface area contributed by atoms with Crippen LogP contribution in [0.1, 0.15) is 42.5 Å². The van der Waals surface area contributed by atoms with Crippen molar-refractivity contribution in [3.05, 3.63) is 28.8 Å². The van der Waals surface area contributed by atoms with Crippen LogP contribution in [-0.4, -0.2) is 29.3 Å². The van der Waals surface area contributed by atoms with Gasteiger partial charge in [0.25, 0.3) is 5.91 Å². The molecule has 0 aromatic heterocycles. The van der Waals surface area contributed by atoms with Crippen molar-refractivity contribution >= 4 is 17.5 Å². The van der Waals surface area contributed by atoms with E-state index in [0.717, 1.165) is 19.3 Å². The van der Waals surface area contributed by atoms with Gasteiger partial charge in [-0.05, 0) is 37.5 Å². The summed E-state index contributed by atoms with van der Waals surface area (Å²) in [6, 6.07) is 4.53. The second kappa shape index (κ2) is 5.26. The zero-order chi connectivity index (χ0) is 14.2. The fourth-order valence-electron chi connectivity index (χ4n) is 3.26. The number of phenols is 1. The number of benzene rings is 1. The van der Waals surface area contributed by atoms with E-state index < -0.39 is 0 Å². The van der Waals surface area contributed by atoms with Crippen molar-refractivity contribution in [3.8, 4) is 5.75 Å². The number of carbonyl (C=O) groups is 1. The van der Waals surface area contributed by atoms with Crippen molar-refractivity contribution in [2.24, 2.45) is 0 Å². The van der Waals surface area contributed by atoms with Gasteiger partial charge in [0.2, 0.25) is 0 Å². The maximum atomic E-state index is 12.2. The highest BCUT2D eigenvalue weighted by Gasteiger charge is 2.42. The molecule has 1 spiro atoms. The number of ether oxygens (including phenoxy) is 1. The Hall–Kier alpha value is -1.26. The van der Waals surface area contributed by atoms with E-state index in [2.05, 4.69) is 5.32 Å². The molecule has 1 amide bonds. The number of halogens is 1. The van der Waals surface area contributed by atoms with Crippen molar-refractivity contribution in [2.45, 2.75) is 43.7 Å². The molecule has 2 N–H and O–H groups in total. The Kier molecular flexibility index (Phi) is 3.61. The molecule has 108 valence electrons. The molecule has 20 heavy (non-hydrogen) atoms. The van der Waals surface area contributed by atoms with Crippen molar-refractivity contribution in [1.82, 2.24) is 5.32 Å². The lowest BCUT2D eigenvalue weighted by Crippen LogP contribution is -2.36. The molecule has 1 atom stereocenters. The largest absolute Gasteiger partial charge is 0.507 e. The predicted molar refractivity (Wildman–Crippen MR) is 76.1 cm³/mol. The summed E-state index contributed by atoms with van der Waals surface area (Å²) in [6.07, 6.45) is 5.46. The Morgan fingerprint density at radius 1 is 1.40 bits per heavy atom. The Bertz CT molecular complexity index is 526. The molecule has 4 nitrogen and oxygen atoms in total. The highest BCUT2D eigenvalue weighted by molar-refractivity contribution is 6.30. The maximum Gasteiger partial charge on any atom is 0.255 e. The minimum Gasteiger partial charge on any atom is -0.507 e. The monoisotopic (exact) mass is 295 g/mol. The third kappa shape index (κ3) is 2.63. The molecule has 1 aliphatic heterocycles. The first-order valence-electron chi connectivity index (χ1n) is 7.01. The summed E-state index contributed by atoms with van der Waals surface area (Å²) in [5.41, 5.74) is 0.238. The number of rotatable bonds is 2. The molecule has 1 aromatic rings. The van der Waals surface area contributed by atoms with E-state index in [9.17, 15) is 9.90 Å². The lowest BCUT2D eigenvalue weighted by atomic mass is 9.96. The SMILES string of the molecule is O=C(N[C@@H]1COC2(CCCC2)C1)c1ccc(Cl)cc1O. The van der Waals surface area contributed by atoms with Gasteiger partial charge in [0.1, 0.15) is 5.75 Å². The minimum absolute atomic E-state index is 0.0139. The summed E-state index contributed by atoms with van der Waals surface area (Å²) in [4.78, 5) is 12.2. The molecule has 2 aliphatic rings. The van der Waals surface area contributed by atoms with Gasteiger partial charge in [0, 0.05) is 5.02 Å². The summed E-state index contributed by atoms with van der Waals surface area (Å²) in [5.74, 6) is -0.368. The van der Waals surface area contributed by atoms with Crippen molar-refractivity contribution in [1.29, 1.82) is 0 Å². The summed E-state index contributed by atoms with van der Waals surface area (Å²) < 4.78 is 5.90. The van der Waals surface area contributed by atoms with Crippen LogP contribution < -0.4 is 5.32 Å². The van der Waals surface area contributed by atoms with Gasteiger partial charge in [-0.25, -0.2) is 0 Å². The standard InChI is InChI=1S/C15H18ClNO3/c16-10-3-4-12(13(18)7-10)14(19)17-11-8-15(20-9-11)5-1-2-6-15/h3-4,7,11,18H,1-2,5-6,8-9H2,(H,17,19)/t11-/m0/s1. The third-order valence-electron chi connectivity index (χ3n) is 4.26. The predicted octanol–water partition coefficient (Wildman–Crippen LogP) is 2.88. The van der Waals surface area contributed by atoms with Crippen molar-refractivity contribution in [3.63, 3.8) is 0 Å². The number of aromatic hydroxyl groups is 1. The van der Waals surface area contributed by atoms with Crippen LogP contribution in [0.2, 0.25) is 5.02 Å². The average molecular weight is 296 g/mol.